The molecule has 1 fully saturated rings. The van der Waals surface area contributed by atoms with Crippen LogP contribution in [0.5, 0.6) is 0 Å². The van der Waals surface area contributed by atoms with Gasteiger partial charge < -0.3 is 10.6 Å². The molecule has 1 aliphatic rings. The lowest BCUT2D eigenvalue weighted by atomic mass is 9.76. The summed E-state index contributed by atoms with van der Waals surface area (Å²) in [6, 6.07) is 0.659. The van der Waals surface area contributed by atoms with Gasteiger partial charge in [0.15, 0.2) is 0 Å². The first kappa shape index (κ1) is 14.0. The van der Waals surface area contributed by atoms with Crippen molar-refractivity contribution in [2.75, 3.05) is 19.6 Å². The molecule has 0 aliphatic heterocycles. The Kier molecular flexibility index (Phi) is 6.37. The van der Waals surface area contributed by atoms with Gasteiger partial charge in [-0.15, -0.1) is 0 Å². The first-order valence-electron chi connectivity index (χ1n) is 7.10. The standard InChI is InChI=1S/C14H30N2/c1-4-13(2)16-11-10-15-12-14(3)8-6-5-7-9-14/h13,15-16H,4-12H2,1-3H3. The van der Waals surface area contributed by atoms with Gasteiger partial charge in [-0.3, -0.25) is 0 Å². The topological polar surface area (TPSA) is 24.1 Å². The number of hydrogen-bond acceptors (Lipinski definition) is 2. The van der Waals surface area contributed by atoms with Crippen molar-refractivity contribution in [3.63, 3.8) is 0 Å². The summed E-state index contributed by atoms with van der Waals surface area (Å²) in [5.74, 6) is 0. The first-order valence-corrected chi connectivity index (χ1v) is 7.10. The molecule has 1 rings (SSSR count). The maximum absolute atomic E-state index is 3.61. The highest BCUT2D eigenvalue weighted by Gasteiger charge is 2.25. The second-order valence-electron chi connectivity index (χ2n) is 5.81. The molecule has 96 valence electrons. The van der Waals surface area contributed by atoms with E-state index in [-0.39, 0.29) is 0 Å². The van der Waals surface area contributed by atoms with Gasteiger partial charge in [0.1, 0.15) is 0 Å². The van der Waals surface area contributed by atoms with Crippen molar-refractivity contribution in [3.05, 3.63) is 0 Å². The van der Waals surface area contributed by atoms with Crippen LogP contribution in [0.4, 0.5) is 0 Å². The molecule has 1 aliphatic carbocycles. The molecule has 0 spiro atoms. The maximum atomic E-state index is 3.61. The highest BCUT2D eigenvalue weighted by Crippen LogP contribution is 2.34. The van der Waals surface area contributed by atoms with E-state index >= 15 is 0 Å². The van der Waals surface area contributed by atoms with Crippen LogP contribution in [0.1, 0.15) is 59.3 Å². The minimum Gasteiger partial charge on any atom is -0.315 e. The van der Waals surface area contributed by atoms with E-state index in [4.69, 9.17) is 0 Å². The van der Waals surface area contributed by atoms with Crippen LogP contribution in [0.25, 0.3) is 0 Å². The quantitative estimate of drug-likeness (QED) is 0.652. The fourth-order valence-corrected chi connectivity index (χ4v) is 2.52. The molecular weight excluding hydrogens is 196 g/mol. The van der Waals surface area contributed by atoms with Crippen molar-refractivity contribution in [3.8, 4) is 0 Å². The van der Waals surface area contributed by atoms with Crippen LogP contribution in [-0.4, -0.2) is 25.7 Å². The third-order valence-corrected chi connectivity index (χ3v) is 4.02. The van der Waals surface area contributed by atoms with E-state index in [2.05, 4.69) is 31.4 Å². The van der Waals surface area contributed by atoms with E-state index in [0.717, 1.165) is 13.1 Å². The molecule has 0 radical (unpaired) electrons. The summed E-state index contributed by atoms with van der Waals surface area (Å²) in [5, 5.41) is 7.13. The molecule has 2 N–H and O–H groups in total. The van der Waals surface area contributed by atoms with E-state index < -0.39 is 0 Å². The zero-order valence-corrected chi connectivity index (χ0v) is 11.4. The monoisotopic (exact) mass is 226 g/mol. The number of hydrogen-bond donors (Lipinski definition) is 2. The van der Waals surface area contributed by atoms with Gasteiger partial charge in [0, 0.05) is 25.7 Å². The van der Waals surface area contributed by atoms with E-state index in [0.29, 0.717) is 11.5 Å². The Morgan fingerprint density at radius 1 is 1.12 bits per heavy atom. The summed E-state index contributed by atoms with van der Waals surface area (Å²) in [5.41, 5.74) is 0.578. The van der Waals surface area contributed by atoms with Crippen molar-refractivity contribution in [1.29, 1.82) is 0 Å². The molecule has 16 heavy (non-hydrogen) atoms. The predicted molar refractivity (Wildman–Crippen MR) is 71.8 cm³/mol. The van der Waals surface area contributed by atoms with Gasteiger partial charge in [0.05, 0.1) is 0 Å². The number of nitrogens with one attached hydrogen (secondary N) is 2. The smallest absolute Gasteiger partial charge is 0.00792 e. The van der Waals surface area contributed by atoms with Gasteiger partial charge in [-0.2, -0.15) is 0 Å². The summed E-state index contributed by atoms with van der Waals surface area (Å²) in [6.07, 6.45) is 8.37. The third kappa shape index (κ3) is 5.31. The van der Waals surface area contributed by atoms with Crippen molar-refractivity contribution in [2.24, 2.45) is 5.41 Å². The van der Waals surface area contributed by atoms with Crippen molar-refractivity contribution >= 4 is 0 Å². The normalized spacial score (nSPS) is 21.9. The second kappa shape index (κ2) is 7.29. The highest BCUT2D eigenvalue weighted by molar-refractivity contribution is 4.80. The molecule has 1 saturated carbocycles. The minimum atomic E-state index is 0.578. The zero-order valence-electron chi connectivity index (χ0n) is 11.4. The lowest BCUT2D eigenvalue weighted by Crippen LogP contribution is -2.38. The van der Waals surface area contributed by atoms with E-state index in [1.807, 2.05) is 0 Å². The summed E-state index contributed by atoms with van der Waals surface area (Å²) in [6.45, 7) is 10.3. The molecule has 2 heteroatoms. The third-order valence-electron chi connectivity index (χ3n) is 4.02. The van der Waals surface area contributed by atoms with Crippen LogP contribution in [0, 0.1) is 5.41 Å². The first-order chi connectivity index (χ1) is 7.66. The Balaban J connectivity index is 2.01. The van der Waals surface area contributed by atoms with Gasteiger partial charge in [0.2, 0.25) is 0 Å². The molecule has 0 amide bonds. The van der Waals surface area contributed by atoms with Crippen LogP contribution in [0.15, 0.2) is 0 Å². The fourth-order valence-electron chi connectivity index (χ4n) is 2.52. The van der Waals surface area contributed by atoms with Gasteiger partial charge in [-0.05, 0) is 31.6 Å². The Morgan fingerprint density at radius 3 is 2.44 bits per heavy atom. The minimum absolute atomic E-state index is 0.578. The lowest BCUT2D eigenvalue weighted by Gasteiger charge is -2.33. The molecule has 0 heterocycles. The van der Waals surface area contributed by atoms with Crippen molar-refractivity contribution < 1.29 is 0 Å². The van der Waals surface area contributed by atoms with Gasteiger partial charge in [-0.1, -0.05) is 33.1 Å². The summed E-state index contributed by atoms with van der Waals surface area (Å²) in [7, 11) is 0. The molecule has 0 aromatic carbocycles. The van der Waals surface area contributed by atoms with E-state index in [1.54, 1.807) is 0 Å². The molecule has 1 unspecified atom stereocenters. The summed E-state index contributed by atoms with van der Waals surface area (Å²) in [4.78, 5) is 0. The molecule has 1 atom stereocenters. The Morgan fingerprint density at radius 2 is 1.81 bits per heavy atom. The van der Waals surface area contributed by atoms with Crippen LogP contribution in [0.2, 0.25) is 0 Å². The largest absolute Gasteiger partial charge is 0.315 e. The van der Waals surface area contributed by atoms with E-state index in [9.17, 15) is 0 Å². The molecular formula is C14H30N2. The molecule has 2 nitrogen and oxygen atoms in total. The summed E-state index contributed by atoms with van der Waals surface area (Å²) < 4.78 is 0. The molecule has 0 saturated heterocycles. The number of rotatable bonds is 7. The summed E-state index contributed by atoms with van der Waals surface area (Å²) >= 11 is 0. The second-order valence-corrected chi connectivity index (χ2v) is 5.81. The molecule has 0 aromatic heterocycles. The van der Waals surface area contributed by atoms with Crippen LogP contribution in [-0.2, 0) is 0 Å². The molecule has 0 aromatic rings. The SMILES string of the molecule is CCC(C)NCCNCC1(C)CCCCC1. The van der Waals surface area contributed by atoms with Gasteiger partial charge in [0.25, 0.3) is 0 Å². The zero-order chi connectivity index (χ0) is 11.9. The predicted octanol–water partition coefficient (Wildman–Crippen LogP) is 2.93. The fraction of sp³-hybridized carbons (Fsp3) is 1.00. The van der Waals surface area contributed by atoms with Crippen LogP contribution >= 0.6 is 0 Å². The van der Waals surface area contributed by atoms with E-state index in [1.165, 1.54) is 45.1 Å². The highest BCUT2D eigenvalue weighted by atomic mass is 15.0. The Hall–Kier alpha value is -0.0800. The van der Waals surface area contributed by atoms with Crippen LogP contribution in [0.3, 0.4) is 0 Å². The lowest BCUT2D eigenvalue weighted by molar-refractivity contribution is 0.208. The Labute approximate surface area is 102 Å². The average molecular weight is 226 g/mol. The maximum Gasteiger partial charge on any atom is 0.00792 e. The van der Waals surface area contributed by atoms with Gasteiger partial charge >= 0.3 is 0 Å². The average Bonchev–Trinajstić information content (AvgIpc) is 2.29. The van der Waals surface area contributed by atoms with Crippen LogP contribution < -0.4 is 10.6 Å². The van der Waals surface area contributed by atoms with Gasteiger partial charge in [-0.25, -0.2) is 0 Å². The Bertz CT molecular complexity index is 174. The molecule has 0 bridgehead atoms. The van der Waals surface area contributed by atoms with Crippen molar-refractivity contribution in [2.45, 2.75) is 65.3 Å². The van der Waals surface area contributed by atoms with Crippen molar-refractivity contribution in [1.82, 2.24) is 10.6 Å².